The number of aryl methyl sites for hydroxylation is 1. The molecule has 1 aromatic carbocycles. The Kier molecular flexibility index (Phi) is 3.79. The number of methoxy groups -OCH3 is 1. The number of nitrogens with two attached hydrogens (primary N) is 1. The summed E-state index contributed by atoms with van der Waals surface area (Å²) in [7, 11) is 1.22. The van der Waals surface area contributed by atoms with Gasteiger partial charge < -0.3 is 15.2 Å². The third-order valence-corrected chi connectivity index (χ3v) is 2.54. The van der Waals surface area contributed by atoms with Gasteiger partial charge in [-0.15, -0.1) is 0 Å². The quantitative estimate of drug-likeness (QED) is 0.682. The first-order valence-electron chi connectivity index (χ1n) is 5.65. The van der Waals surface area contributed by atoms with Crippen molar-refractivity contribution in [2.75, 3.05) is 12.8 Å². The van der Waals surface area contributed by atoms with Crippen LogP contribution in [0.3, 0.4) is 0 Å². The molecule has 2 N–H and O–H groups in total. The third kappa shape index (κ3) is 2.82. The standard InChI is InChI=1S/C13H12FN3O3/c1-7-3-11(8(14)4-9(7)15)20-12-6-16-5-10(17-12)13(18)19-2/h3-6H,15H2,1-2H3. The number of benzene rings is 1. The molecule has 0 aliphatic rings. The predicted octanol–water partition coefficient (Wildman–Crippen LogP) is 2.09. The number of carbonyl (C=O) groups is 1. The lowest BCUT2D eigenvalue weighted by Gasteiger charge is -2.08. The lowest BCUT2D eigenvalue weighted by Crippen LogP contribution is -2.06. The predicted molar refractivity (Wildman–Crippen MR) is 69.0 cm³/mol. The van der Waals surface area contributed by atoms with Gasteiger partial charge in [0.1, 0.15) is 0 Å². The zero-order valence-electron chi connectivity index (χ0n) is 10.9. The Morgan fingerprint density at radius 3 is 2.80 bits per heavy atom. The van der Waals surface area contributed by atoms with E-state index in [2.05, 4.69) is 14.7 Å². The van der Waals surface area contributed by atoms with E-state index < -0.39 is 11.8 Å². The molecule has 0 saturated carbocycles. The van der Waals surface area contributed by atoms with Crippen molar-refractivity contribution in [2.45, 2.75) is 6.92 Å². The van der Waals surface area contributed by atoms with Crippen molar-refractivity contribution in [2.24, 2.45) is 0 Å². The molecule has 0 atom stereocenters. The van der Waals surface area contributed by atoms with Crippen molar-refractivity contribution in [1.29, 1.82) is 0 Å². The number of anilines is 1. The second kappa shape index (κ2) is 5.52. The Bertz CT molecular complexity index is 661. The minimum absolute atomic E-state index is 0.0176. The van der Waals surface area contributed by atoms with E-state index in [-0.39, 0.29) is 17.3 Å². The fourth-order valence-corrected chi connectivity index (χ4v) is 1.46. The molecule has 0 bridgehead atoms. The maximum Gasteiger partial charge on any atom is 0.358 e. The van der Waals surface area contributed by atoms with Crippen molar-refractivity contribution < 1.29 is 18.7 Å². The van der Waals surface area contributed by atoms with Crippen LogP contribution in [0, 0.1) is 12.7 Å². The van der Waals surface area contributed by atoms with Crippen molar-refractivity contribution in [3.63, 3.8) is 0 Å². The number of nitrogen functional groups attached to an aromatic ring is 1. The van der Waals surface area contributed by atoms with Gasteiger partial charge in [0.25, 0.3) is 0 Å². The molecule has 0 unspecified atom stereocenters. The van der Waals surface area contributed by atoms with Crippen molar-refractivity contribution >= 4 is 11.7 Å². The summed E-state index contributed by atoms with van der Waals surface area (Å²) in [5.74, 6) is -1.35. The van der Waals surface area contributed by atoms with Crippen LogP contribution < -0.4 is 10.5 Å². The van der Waals surface area contributed by atoms with Crippen molar-refractivity contribution in [1.82, 2.24) is 9.97 Å². The van der Waals surface area contributed by atoms with Crippen molar-refractivity contribution in [3.8, 4) is 11.6 Å². The summed E-state index contributed by atoms with van der Waals surface area (Å²) in [5.41, 5.74) is 6.54. The van der Waals surface area contributed by atoms with Gasteiger partial charge in [0.15, 0.2) is 17.3 Å². The molecule has 0 saturated heterocycles. The zero-order chi connectivity index (χ0) is 14.7. The number of carbonyl (C=O) groups excluding carboxylic acids is 1. The number of aromatic nitrogens is 2. The van der Waals surface area contributed by atoms with Gasteiger partial charge in [-0.25, -0.2) is 14.2 Å². The van der Waals surface area contributed by atoms with Gasteiger partial charge in [0.2, 0.25) is 5.88 Å². The Balaban J connectivity index is 2.31. The molecule has 0 amide bonds. The molecule has 1 heterocycles. The highest BCUT2D eigenvalue weighted by atomic mass is 19.1. The minimum Gasteiger partial charge on any atom is -0.464 e. The molecule has 2 aromatic rings. The van der Waals surface area contributed by atoms with Crippen molar-refractivity contribution in [3.05, 3.63) is 41.6 Å². The van der Waals surface area contributed by atoms with Crippen LogP contribution in [-0.2, 0) is 4.74 Å². The fraction of sp³-hybridized carbons (Fsp3) is 0.154. The molecule has 0 radical (unpaired) electrons. The zero-order valence-corrected chi connectivity index (χ0v) is 10.9. The van der Waals surface area contributed by atoms with Gasteiger partial charge in [-0.1, -0.05) is 0 Å². The van der Waals surface area contributed by atoms with Crippen LogP contribution in [0.15, 0.2) is 24.5 Å². The SMILES string of the molecule is COC(=O)c1cncc(Oc2cc(C)c(N)cc2F)n1. The Morgan fingerprint density at radius 2 is 2.10 bits per heavy atom. The van der Waals surface area contributed by atoms with E-state index >= 15 is 0 Å². The largest absolute Gasteiger partial charge is 0.464 e. The lowest BCUT2D eigenvalue weighted by atomic mass is 10.2. The molecular formula is C13H12FN3O3. The van der Waals surface area contributed by atoms with Crippen LogP contribution in [0.4, 0.5) is 10.1 Å². The first-order valence-corrected chi connectivity index (χ1v) is 5.65. The topological polar surface area (TPSA) is 87.3 Å². The third-order valence-electron chi connectivity index (χ3n) is 2.54. The maximum absolute atomic E-state index is 13.7. The summed E-state index contributed by atoms with van der Waals surface area (Å²) in [6.07, 6.45) is 2.49. The van der Waals surface area contributed by atoms with E-state index in [1.165, 1.54) is 25.6 Å². The molecule has 0 aliphatic heterocycles. The van der Waals surface area contributed by atoms with Gasteiger partial charge in [-0.05, 0) is 18.6 Å². The Hall–Kier alpha value is -2.70. The number of ether oxygens (including phenoxy) is 2. The van der Waals surface area contributed by atoms with Gasteiger partial charge in [-0.3, -0.25) is 4.98 Å². The van der Waals surface area contributed by atoms with E-state index in [1.807, 2.05) is 0 Å². The lowest BCUT2D eigenvalue weighted by molar-refractivity contribution is 0.0592. The highest BCUT2D eigenvalue weighted by Crippen LogP contribution is 2.27. The van der Waals surface area contributed by atoms with E-state index in [4.69, 9.17) is 10.5 Å². The van der Waals surface area contributed by atoms with Crippen LogP contribution in [0.2, 0.25) is 0 Å². The molecule has 2 rings (SSSR count). The van der Waals surface area contributed by atoms with Gasteiger partial charge in [0.05, 0.1) is 19.5 Å². The highest BCUT2D eigenvalue weighted by molar-refractivity contribution is 5.86. The second-order valence-electron chi connectivity index (χ2n) is 3.98. The summed E-state index contributed by atoms with van der Waals surface area (Å²) in [6, 6.07) is 2.60. The molecule has 104 valence electrons. The number of halogens is 1. The minimum atomic E-state index is -0.656. The van der Waals surface area contributed by atoms with E-state index in [0.717, 1.165) is 6.07 Å². The smallest absolute Gasteiger partial charge is 0.358 e. The maximum atomic E-state index is 13.7. The first kappa shape index (κ1) is 13.7. The van der Waals surface area contributed by atoms with E-state index in [1.54, 1.807) is 6.92 Å². The number of hydrogen-bond acceptors (Lipinski definition) is 6. The summed E-state index contributed by atoms with van der Waals surface area (Å²) in [4.78, 5) is 19.0. The van der Waals surface area contributed by atoms with Crippen LogP contribution in [0.25, 0.3) is 0 Å². The Morgan fingerprint density at radius 1 is 1.35 bits per heavy atom. The van der Waals surface area contributed by atoms with Gasteiger partial charge in [0, 0.05) is 11.8 Å². The molecule has 1 aromatic heterocycles. The summed E-state index contributed by atoms with van der Waals surface area (Å²) >= 11 is 0. The van der Waals surface area contributed by atoms with E-state index in [0.29, 0.717) is 11.3 Å². The molecule has 0 aliphatic carbocycles. The monoisotopic (exact) mass is 277 g/mol. The molecule has 7 heteroatoms. The average Bonchev–Trinajstić information content (AvgIpc) is 2.44. The van der Waals surface area contributed by atoms with Crippen LogP contribution >= 0.6 is 0 Å². The fourth-order valence-electron chi connectivity index (χ4n) is 1.46. The van der Waals surface area contributed by atoms with Crippen LogP contribution in [-0.4, -0.2) is 23.0 Å². The summed E-state index contributed by atoms with van der Waals surface area (Å²) in [6.45, 7) is 1.72. The molecule has 6 nitrogen and oxygen atoms in total. The normalized spacial score (nSPS) is 10.2. The Labute approximate surface area is 114 Å². The van der Waals surface area contributed by atoms with Gasteiger partial charge in [-0.2, -0.15) is 0 Å². The molecular weight excluding hydrogens is 265 g/mol. The van der Waals surface area contributed by atoms with Gasteiger partial charge >= 0.3 is 5.97 Å². The molecule has 0 spiro atoms. The first-order chi connectivity index (χ1) is 9.51. The summed E-state index contributed by atoms with van der Waals surface area (Å²) < 4.78 is 23.5. The number of esters is 1. The number of hydrogen-bond donors (Lipinski definition) is 1. The van der Waals surface area contributed by atoms with Crippen LogP contribution in [0.5, 0.6) is 11.6 Å². The second-order valence-corrected chi connectivity index (χ2v) is 3.98. The van der Waals surface area contributed by atoms with Crippen LogP contribution in [0.1, 0.15) is 16.1 Å². The number of nitrogens with zero attached hydrogens (tertiary/aromatic N) is 2. The molecule has 20 heavy (non-hydrogen) atoms. The van der Waals surface area contributed by atoms with E-state index in [9.17, 15) is 9.18 Å². The number of rotatable bonds is 3. The molecule has 0 fully saturated rings. The summed E-state index contributed by atoms with van der Waals surface area (Å²) in [5, 5.41) is 0. The average molecular weight is 277 g/mol. The highest BCUT2D eigenvalue weighted by Gasteiger charge is 2.12.